The summed E-state index contributed by atoms with van der Waals surface area (Å²) in [4.78, 5) is 4.34. The van der Waals surface area contributed by atoms with Crippen LogP contribution in [0, 0.1) is 6.92 Å². The van der Waals surface area contributed by atoms with Gasteiger partial charge in [0.05, 0.1) is 40.2 Å². The second-order valence-electron chi connectivity index (χ2n) is 4.37. The van der Waals surface area contributed by atoms with Crippen LogP contribution in [0.15, 0.2) is 6.20 Å². The number of pyridine rings is 1. The van der Waals surface area contributed by atoms with Gasteiger partial charge in [0.1, 0.15) is 11.8 Å². The molecule has 0 radical (unpaired) electrons. The molecule has 1 saturated heterocycles. The molecule has 1 fully saturated rings. The third-order valence-electron chi connectivity index (χ3n) is 3.25. The molecule has 110 valence electrons. The summed E-state index contributed by atoms with van der Waals surface area (Å²) in [6, 6.07) is 0. The largest absolute Gasteiger partial charge is 0.492 e. The van der Waals surface area contributed by atoms with Crippen molar-refractivity contribution >= 4 is 11.7 Å². The number of ether oxygens (including phenoxy) is 4. The SMILES string of the molecule is COc1cnc(C([S+]=O)C2COCCO2)c(C)c1OC. The van der Waals surface area contributed by atoms with E-state index in [9.17, 15) is 4.21 Å². The normalized spacial score (nSPS) is 20.2. The summed E-state index contributed by atoms with van der Waals surface area (Å²) in [5.41, 5.74) is 1.44. The molecule has 0 spiro atoms. The highest BCUT2D eigenvalue weighted by atomic mass is 32.1. The van der Waals surface area contributed by atoms with Crippen LogP contribution in [0.25, 0.3) is 0 Å². The Hall–Kier alpha value is -1.31. The highest BCUT2D eigenvalue weighted by molar-refractivity contribution is 7.65. The number of aromatic nitrogens is 1. The molecule has 2 rings (SSSR count). The first-order valence-electron chi connectivity index (χ1n) is 6.28. The van der Waals surface area contributed by atoms with Crippen LogP contribution in [0.2, 0.25) is 0 Å². The molecule has 0 aliphatic carbocycles. The van der Waals surface area contributed by atoms with Crippen molar-refractivity contribution in [2.75, 3.05) is 34.0 Å². The van der Waals surface area contributed by atoms with Crippen molar-refractivity contribution in [2.24, 2.45) is 0 Å². The fourth-order valence-corrected chi connectivity index (χ4v) is 2.84. The standard InChI is InChI=1S/C13H18NO5S/c1-8-11(14-6-9(16-2)12(8)17-3)13(20-15)10-7-18-4-5-19-10/h6,10,13H,4-5,7H2,1-3H3/q+1. The summed E-state index contributed by atoms with van der Waals surface area (Å²) in [7, 11) is 3.12. The molecule has 0 saturated carbocycles. The highest BCUT2D eigenvalue weighted by Gasteiger charge is 2.40. The summed E-state index contributed by atoms with van der Waals surface area (Å²) >= 11 is 0.462. The van der Waals surface area contributed by atoms with Crippen molar-refractivity contribution in [3.8, 4) is 11.5 Å². The fraction of sp³-hybridized carbons (Fsp3) is 0.615. The molecule has 1 aliphatic heterocycles. The highest BCUT2D eigenvalue weighted by Crippen LogP contribution is 2.35. The molecule has 0 bridgehead atoms. The predicted molar refractivity (Wildman–Crippen MR) is 73.4 cm³/mol. The van der Waals surface area contributed by atoms with Crippen LogP contribution >= 0.6 is 0 Å². The predicted octanol–water partition coefficient (Wildman–Crippen LogP) is 1.29. The number of hydrogen-bond donors (Lipinski definition) is 0. The third kappa shape index (κ3) is 2.89. The second kappa shape index (κ2) is 6.92. The summed E-state index contributed by atoms with van der Waals surface area (Å²) in [6.45, 7) is 3.31. The van der Waals surface area contributed by atoms with Crippen LogP contribution in [-0.4, -0.2) is 45.1 Å². The van der Waals surface area contributed by atoms with E-state index in [1.54, 1.807) is 20.4 Å². The van der Waals surface area contributed by atoms with Gasteiger partial charge >= 0.3 is 16.9 Å². The van der Waals surface area contributed by atoms with E-state index < -0.39 is 5.25 Å². The van der Waals surface area contributed by atoms with Crippen molar-refractivity contribution in [1.29, 1.82) is 0 Å². The van der Waals surface area contributed by atoms with Gasteiger partial charge in [-0.1, -0.05) is 0 Å². The lowest BCUT2D eigenvalue weighted by Gasteiger charge is -2.23. The van der Waals surface area contributed by atoms with Gasteiger partial charge in [-0.15, -0.1) is 0 Å². The Morgan fingerprint density at radius 3 is 2.75 bits per heavy atom. The molecule has 0 aromatic carbocycles. The summed E-state index contributed by atoms with van der Waals surface area (Å²) in [6.07, 6.45) is 1.27. The van der Waals surface area contributed by atoms with Crippen LogP contribution in [0.4, 0.5) is 0 Å². The number of hydrogen-bond acceptors (Lipinski definition) is 6. The van der Waals surface area contributed by atoms with E-state index in [1.165, 1.54) is 0 Å². The zero-order valence-electron chi connectivity index (χ0n) is 11.8. The average Bonchev–Trinajstić information content (AvgIpc) is 2.50. The zero-order valence-corrected chi connectivity index (χ0v) is 12.6. The van der Waals surface area contributed by atoms with Gasteiger partial charge in [0.2, 0.25) is 0 Å². The summed E-state index contributed by atoms with van der Waals surface area (Å²) in [5.74, 6) is 1.14. The minimum Gasteiger partial charge on any atom is -0.492 e. The number of nitrogens with zero attached hydrogens (tertiary/aromatic N) is 1. The van der Waals surface area contributed by atoms with Gasteiger partial charge in [-0.25, -0.2) is 0 Å². The quantitative estimate of drug-likeness (QED) is 0.763. The molecular weight excluding hydrogens is 282 g/mol. The number of methoxy groups -OCH3 is 2. The van der Waals surface area contributed by atoms with Crippen molar-refractivity contribution in [3.63, 3.8) is 0 Å². The first kappa shape index (κ1) is 15.1. The molecule has 1 aromatic rings. The van der Waals surface area contributed by atoms with Crippen LogP contribution in [0.3, 0.4) is 0 Å². The van der Waals surface area contributed by atoms with E-state index in [2.05, 4.69) is 4.98 Å². The van der Waals surface area contributed by atoms with Crippen LogP contribution < -0.4 is 9.47 Å². The molecule has 0 N–H and O–H groups in total. The Morgan fingerprint density at radius 1 is 1.40 bits per heavy atom. The van der Waals surface area contributed by atoms with Gasteiger partial charge in [0.15, 0.2) is 11.5 Å². The van der Waals surface area contributed by atoms with Gasteiger partial charge in [-0.05, 0) is 6.92 Å². The van der Waals surface area contributed by atoms with E-state index >= 15 is 0 Å². The van der Waals surface area contributed by atoms with Crippen molar-refractivity contribution in [1.82, 2.24) is 4.98 Å². The molecule has 20 heavy (non-hydrogen) atoms. The van der Waals surface area contributed by atoms with Crippen LogP contribution in [0.5, 0.6) is 11.5 Å². The lowest BCUT2D eigenvalue weighted by atomic mass is 10.1. The zero-order chi connectivity index (χ0) is 14.5. The molecular formula is C13H18NO5S+. The van der Waals surface area contributed by atoms with E-state index in [0.717, 1.165) is 5.56 Å². The van der Waals surface area contributed by atoms with Gasteiger partial charge < -0.3 is 18.9 Å². The fourth-order valence-electron chi connectivity index (χ4n) is 2.24. The average molecular weight is 300 g/mol. The maximum absolute atomic E-state index is 11.5. The molecule has 2 atom stereocenters. The second-order valence-corrected chi connectivity index (χ2v) is 5.07. The van der Waals surface area contributed by atoms with Crippen LogP contribution in [-0.2, 0) is 25.3 Å². The van der Waals surface area contributed by atoms with Gasteiger partial charge in [-0.3, -0.25) is 4.98 Å². The third-order valence-corrected chi connectivity index (χ3v) is 3.98. The van der Waals surface area contributed by atoms with E-state index in [4.69, 9.17) is 18.9 Å². The maximum Gasteiger partial charge on any atom is 0.472 e. The Morgan fingerprint density at radius 2 is 2.20 bits per heavy atom. The Labute approximate surface area is 121 Å². The molecule has 2 heterocycles. The minimum absolute atomic E-state index is 0.296. The van der Waals surface area contributed by atoms with Crippen molar-refractivity contribution < 1.29 is 23.2 Å². The summed E-state index contributed by atoms with van der Waals surface area (Å²) < 4.78 is 33.0. The maximum atomic E-state index is 11.5. The van der Waals surface area contributed by atoms with Gasteiger partial charge in [-0.2, -0.15) is 0 Å². The van der Waals surface area contributed by atoms with E-state index in [0.29, 0.717) is 48.7 Å². The van der Waals surface area contributed by atoms with Crippen molar-refractivity contribution in [3.05, 3.63) is 17.5 Å². The first-order valence-corrected chi connectivity index (χ1v) is 7.08. The lowest BCUT2D eigenvalue weighted by Crippen LogP contribution is -2.34. The molecule has 1 aliphatic rings. The van der Waals surface area contributed by atoms with Gasteiger partial charge in [0, 0.05) is 9.77 Å². The summed E-state index contributed by atoms with van der Waals surface area (Å²) in [5, 5.41) is -0.435. The Balaban J connectivity index is 2.36. The molecule has 2 unspecified atom stereocenters. The smallest absolute Gasteiger partial charge is 0.472 e. The van der Waals surface area contributed by atoms with Gasteiger partial charge in [0.25, 0.3) is 0 Å². The van der Waals surface area contributed by atoms with Crippen molar-refractivity contribution in [2.45, 2.75) is 18.3 Å². The molecule has 0 amide bonds. The Kier molecular flexibility index (Phi) is 5.22. The lowest BCUT2D eigenvalue weighted by molar-refractivity contribution is -0.0890. The van der Waals surface area contributed by atoms with E-state index in [1.807, 2.05) is 6.92 Å². The molecule has 7 heteroatoms. The Bertz CT molecular complexity index is 476. The monoisotopic (exact) mass is 300 g/mol. The molecule has 6 nitrogen and oxygen atoms in total. The topological polar surface area (TPSA) is 66.9 Å². The van der Waals surface area contributed by atoms with Crippen LogP contribution in [0.1, 0.15) is 16.5 Å². The van der Waals surface area contributed by atoms with E-state index in [-0.39, 0.29) is 6.10 Å². The molecule has 1 aromatic heterocycles. The first-order chi connectivity index (χ1) is 9.72. The number of rotatable bonds is 5. The minimum atomic E-state index is -0.435.